The molecule has 0 unspecified atom stereocenters. The molecule has 1 N–H and O–H groups in total. The number of nitrogens with zero attached hydrogens (tertiary/aromatic N) is 1. The number of aryl methyl sites for hydroxylation is 1. The van der Waals surface area contributed by atoms with Crippen LogP contribution in [0.4, 0.5) is 0 Å². The molecule has 1 saturated carbocycles. The Morgan fingerprint density at radius 3 is 3.05 bits per heavy atom. The maximum atomic E-state index is 4.16. The van der Waals surface area contributed by atoms with Crippen LogP contribution in [0.3, 0.4) is 0 Å². The van der Waals surface area contributed by atoms with Gasteiger partial charge < -0.3 is 5.32 Å². The molecule has 0 saturated heterocycles. The van der Waals surface area contributed by atoms with Crippen molar-refractivity contribution < 1.29 is 0 Å². The second-order valence-electron chi connectivity index (χ2n) is 6.21. The Kier molecular flexibility index (Phi) is 2.85. The second kappa shape index (κ2) is 4.71. The molecule has 2 aromatic rings. The molecule has 2 aliphatic carbocycles. The quantitative estimate of drug-likeness (QED) is 0.918. The van der Waals surface area contributed by atoms with E-state index in [1.807, 2.05) is 18.5 Å². The van der Waals surface area contributed by atoms with Crippen molar-refractivity contribution in [3.8, 4) is 0 Å². The lowest BCUT2D eigenvalue weighted by Crippen LogP contribution is -2.20. The summed E-state index contributed by atoms with van der Waals surface area (Å²) >= 11 is 0. The highest BCUT2D eigenvalue weighted by Gasteiger charge is 2.57. The van der Waals surface area contributed by atoms with Gasteiger partial charge >= 0.3 is 0 Å². The van der Waals surface area contributed by atoms with Crippen molar-refractivity contribution in [1.82, 2.24) is 10.3 Å². The van der Waals surface area contributed by atoms with E-state index in [0.29, 0.717) is 5.41 Å². The van der Waals surface area contributed by atoms with E-state index in [2.05, 4.69) is 40.6 Å². The van der Waals surface area contributed by atoms with Crippen LogP contribution >= 0.6 is 0 Å². The molecular formula is C18H20N2. The van der Waals surface area contributed by atoms with Crippen LogP contribution in [0.1, 0.15) is 29.5 Å². The van der Waals surface area contributed by atoms with Crippen LogP contribution in [0, 0.1) is 5.92 Å². The number of aromatic nitrogens is 1. The van der Waals surface area contributed by atoms with Crippen molar-refractivity contribution in [3.05, 3.63) is 65.5 Å². The Morgan fingerprint density at radius 1 is 1.20 bits per heavy atom. The number of nitrogens with one attached hydrogen (secondary N) is 1. The highest BCUT2D eigenvalue weighted by molar-refractivity contribution is 5.45. The first-order valence-corrected chi connectivity index (χ1v) is 7.56. The van der Waals surface area contributed by atoms with E-state index in [0.717, 1.165) is 19.0 Å². The highest BCUT2D eigenvalue weighted by Crippen LogP contribution is 2.61. The van der Waals surface area contributed by atoms with Crippen molar-refractivity contribution in [2.75, 3.05) is 6.54 Å². The van der Waals surface area contributed by atoms with Gasteiger partial charge in [-0.05, 0) is 54.5 Å². The molecular weight excluding hydrogens is 244 g/mol. The van der Waals surface area contributed by atoms with E-state index in [-0.39, 0.29) is 0 Å². The molecule has 0 radical (unpaired) electrons. The average molecular weight is 264 g/mol. The van der Waals surface area contributed by atoms with E-state index < -0.39 is 0 Å². The molecule has 2 aliphatic rings. The molecule has 0 aliphatic heterocycles. The van der Waals surface area contributed by atoms with Crippen LogP contribution < -0.4 is 5.32 Å². The molecule has 4 rings (SSSR count). The van der Waals surface area contributed by atoms with E-state index in [1.54, 1.807) is 11.1 Å². The van der Waals surface area contributed by atoms with Gasteiger partial charge in [0.05, 0.1) is 0 Å². The zero-order valence-corrected chi connectivity index (χ0v) is 11.7. The summed E-state index contributed by atoms with van der Waals surface area (Å²) in [4.78, 5) is 4.16. The van der Waals surface area contributed by atoms with Crippen LogP contribution in [0.15, 0.2) is 48.8 Å². The van der Waals surface area contributed by atoms with Gasteiger partial charge in [0.1, 0.15) is 0 Å². The van der Waals surface area contributed by atoms with Gasteiger partial charge in [-0.1, -0.05) is 30.3 Å². The van der Waals surface area contributed by atoms with Crippen molar-refractivity contribution >= 4 is 0 Å². The number of hydrogen-bond acceptors (Lipinski definition) is 2. The summed E-state index contributed by atoms with van der Waals surface area (Å²) in [6, 6.07) is 13.2. The fourth-order valence-corrected chi connectivity index (χ4v) is 3.89. The third kappa shape index (κ3) is 1.95. The third-order valence-electron chi connectivity index (χ3n) is 5.07. The monoisotopic (exact) mass is 264 g/mol. The van der Waals surface area contributed by atoms with Gasteiger partial charge in [0.15, 0.2) is 0 Å². The van der Waals surface area contributed by atoms with Gasteiger partial charge in [-0.15, -0.1) is 0 Å². The van der Waals surface area contributed by atoms with E-state index in [9.17, 15) is 0 Å². The smallest absolute Gasteiger partial charge is 0.0312 e. The lowest BCUT2D eigenvalue weighted by atomic mass is 9.95. The molecule has 0 amide bonds. The van der Waals surface area contributed by atoms with Crippen LogP contribution in [0.25, 0.3) is 0 Å². The van der Waals surface area contributed by atoms with Gasteiger partial charge in [0, 0.05) is 24.4 Å². The van der Waals surface area contributed by atoms with E-state index >= 15 is 0 Å². The van der Waals surface area contributed by atoms with Gasteiger partial charge in [-0.25, -0.2) is 0 Å². The summed E-state index contributed by atoms with van der Waals surface area (Å²) in [5.41, 5.74) is 5.00. The molecule has 2 atom stereocenters. The fourth-order valence-electron chi connectivity index (χ4n) is 3.89. The number of fused-ring (bicyclic) bond motifs is 2. The lowest BCUT2D eigenvalue weighted by Gasteiger charge is -2.12. The summed E-state index contributed by atoms with van der Waals surface area (Å²) in [5.74, 6) is 0.822. The predicted molar refractivity (Wildman–Crippen MR) is 80.5 cm³/mol. The molecule has 102 valence electrons. The molecule has 1 heterocycles. The molecule has 1 aromatic heterocycles. The minimum absolute atomic E-state index is 0.512. The first kappa shape index (κ1) is 12.1. The lowest BCUT2D eigenvalue weighted by molar-refractivity contribution is 0.547. The van der Waals surface area contributed by atoms with Crippen molar-refractivity contribution in [3.63, 3.8) is 0 Å². The molecule has 1 fully saturated rings. The highest BCUT2D eigenvalue weighted by atomic mass is 14.9. The Balaban J connectivity index is 1.37. The fraction of sp³-hybridized carbons (Fsp3) is 0.389. The summed E-state index contributed by atoms with van der Waals surface area (Å²) in [7, 11) is 0. The topological polar surface area (TPSA) is 24.9 Å². The Hall–Kier alpha value is -1.67. The van der Waals surface area contributed by atoms with Gasteiger partial charge in [0.2, 0.25) is 0 Å². The number of benzene rings is 1. The van der Waals surface area contributed by atoms with Gasteiger partial charge in [0.25, 0.3) is 0 Å². The summed E-state index contributed by atoms with van der Waals surface area (Å²) in [5, 5.41) is 3.61. The number of hydrogen-bond donors (Lipinski definition) is 1. The Bertz CT molecular complexity index is 608. The molecule has 1 aromatic carbocycles. The van der Waals surface area contributed by atoms with Gasteiger partial charge in [-0.2, -0.15) is 0 Å². The maximum absolute atomic E-state index is 4.16. The number of pyridine rings is 1. The van der Waals surface area contributed by atoms with Crippen LogP contribution in [-0.4, -0.2) is 11.5 Å². The van der Waals surface area contributed by atoms with Crippen LogP contribution in [0.5, 0.6) is 0 Å². The summed E-state index contributed by atoms with van der Waals surface area (Å²) in [6.45, 7) is 2.06. The Labute approximate surface area is 120 Å². The summed E-state index contributed by atoms with van der Waals surface area (Å²) in [6.07, 6.45) is 7.76. The molecule has 2 heteroatoms. The first-order chi connectivity index (χ1) is 9.88. The minimum atomic E-state index is 0.512. The van der Waals surface area contributed by atoms with Gasteiger partial charge in [-0.3, -0.25) is 4.98 Å². The zero-order valence-electron chi connectivity index (χ0n) is 11.7. The SMILES string of the molecule is c1cncc(CNC[C@@H]2C[C@]23CCc2ccccc23)c1. The Morgan fingerprint density at radius 2 is 2.15 bits per heavy atom. The van der Waals surface area contributed by atoms with E-state index in [4.69, 9.17) is 0 Å². The standard InChI is InChI=1S/C18H20N2/c1-2-6-17-15(5-1)7-8-18(17)10-16(18)13-20-12-14-4-3-9-19-11-14/h1-6,9,11,16,20H,7-8,10,12-13H2/t16-,18+/m0/s1. The molecule has 1 spiro atoms. The molecule has 2 nitrogen and oxygen atoms in total. The minimum Gasteiger partial charge on any atom is -0.312 e. The second-order valence-corrected chi connectivity index (χ2v) is 6.21. The summed E-state index contributed by atoms with van der Waals surface area (Å²) < 4.78 is 0. The van der Waals surface area contributed by atoms with Crippen molar-refractivity contribution in [2.45, 2.75) is 31.2 Å². The predicted octanol–water partition coefficient (Wildman–Crippen LogP) is 3.08. The normalized spacial score (nSPS) is 26.7. The largest absolute Gasteiger partial charge is 0.312 e. The number of rotatable bonds is 4. The van der Waals surface area contributed by atoms with Crippen molar-refractivity contribution in [1.29, 1.82) is 0 Å². The molecule has 0 bridgehead atoms. The van der Waals surface area contributed by atoms with Crippen LogP contribution in [-0.2, 0) is 18.4 Å². The zero-order chi connectivity index (χ0) is 13.4. The van der Waals surface area contributed by atoms with Crippen LogP contribution in [0.2, 0.25) is 0 Å². The van der Waals surface area contributed by atoms with E-state index in [1.165, 1.54) is 24.8 Å². The maximum Gasteiger partial charge on any atom is 0.0312 e. The molecule has 20 heavy (non-hydrogen) atoms. The average Bonchev–Trinajstić information content (AvgIpc) is 3.08. The first-order valence-electron chi connectivity index (χ1n) is 7.56. The van der Waals surface area contributed by atoms with Crippen molar-refractivity contribution in [2.24, 2.45) is 5.92 Å². The third-order valence-corrected chi connectivity index (χ3v) is 5.07.